The number of halogens is 1. The number of H-pyrrole nitrogens is 1. The Labute approximate surface area is 171 Å². The fraction of sp³-hybridized carbons (Fsp3) is 0.182. The lowest BCUT2D eigenvalue weighted by molar-refractivity contribution is -0.121. The minimum atomic E-state index is -0.964. The molecule has 0 saturated carbocycles. The zero-order valence-corrected chi connectivity index (χ0v) is 16.2. The summed E-state index contributed by atoms with van der Waals surface area (Å²) < 4.78 is 13.1. The lowest BCUT2D eigenvalue weighted by Crippen LogP contribution is -2.43. The molecule has 0 radical (unpaired) electrons. The molecule has 0 saturated heterocycles. The van der Waals surface area contributed by atoms with Crippen LogP contribution in [0.4, 0.5) is 10.2 Å². The zero-order valence-electron chi connectivity index (χ0n) is 16.2. The van der Waals surface area contributed by atoms with E-state index >= 15 is 0 Å². The van der Waals surface area contributed by atoms with E-state index < -0.39 is 23.5 Å². The van der Waals surface area contributed by atoms with Gasteiger partial charge in [-0.25, -0.2) is 9.37 Å². The normalized spacial score (nSPS) is 15.8. The Balaban J connectivity index is 1.53. The molecular weight excluding hydrogens is 387 g/mol. The molecule has 7 nitrogen and oxygen atoms in total. The van der Waals surface area contributed by atoms with Crippen molar-refractivity contribution >= 4 is 23.4 Å². The summed E-state index contributed by atoms with van der Waals surface area (Å²) in [5, 5.41) is 2.74. The Kier molecular flexibility index (Phi) is 5.14. The van der Waals surface area contributed by atoms with E-state index in [4.69, 9.17) is 0 Å². The average molecular weight is 406 g/mol. The molecule has 0 fully saturated rings. The summed E-state index contributed by atoms with van der Waals surface area (Å²) in [4.78, 5) is 46.4. The molecule has 0 spiro atoms. The molecule has 2 amide bonds. The number of aromatic amines is 1. The van der Waals surface area contributed by atoms with E-state index in [1.54, 1.807) is 12.1 Å². The van der Waals surface area contributed by atoms with Crippen molar-refractivity contribution in [3.63, 3.8) is 0 Å². The van der Waals surface area contributed by atoms with Crippen LogP contribution in [0.3, 0.4) is 0 Å². The number of benzene rings is 2. The Hall–Kier alpha value is -3.81. The third-order valence-electron chi connectivity index (χ3n) is 5.06. The van der Waals surface area contributed by atoms with Gasteiger partial charge in [0, 0.05) is 13.6 Å². The fourth-order valence-electron chi connectivity index (χ4n) is 3.41. The van der Waals surface area contributed by atoms with Gasteiger partial charge in [-0.3, -0.25) is 19.3 Å². The van der Waals surface area contributed by atoms with Gasteiger partial charge in [-0.15, -0.1) is 0 Å². The first-order valence-corrected chi connectivity index (χ1v) is 9.42. The first kappa shape index (κ1) is 19.5. The maximum Gasteiger partial charge on any atom is 0.287 e. The highest BCUT2D eigenvalue weighted by Crippen LogP contribution is 2.29. The second-order valence-corrected chi connectivity index (χ2v) is 7.10. The van der Waals surface area contributed by atoms with Gasteiger partial charge in [0.1, 0.15) is 17.4 Å². The minimum Gasteiger partial charge on any atom is -0.345 e. The van der Waals surface area contributed by atoms with Gasteiger partial charge in [-0.05, 0) is 29.7 Å². The van der Waals surface area contributed by atoms with Crippen molar-refractivity contribution in [3.05, 3.63) is 83.1 Å². The van der Waals surface area contributed by atoms with Crippen molar-refractivity contribution in [1.82, 2.24) is 15.3 Å². The van der Waals surface area contributed by atoms with Gasteiger partial charge >= 0.3 is 0 Å². The van der Waals surface area contributed by atoms with Crippen LogP contribution in [0.2, 0.25) is 0 Å². The molecule has 0 bridgehead atoms. The van der Waals surface area contributed by atoms with Crippen LogP contribution in [-0.4, -0.2) is 34.6 Å². The largest absolute Gasteiger partial charge is 0.345 e. The minimum absolute atomic E-state index is 0.0358. The van der Waals surface area contributed by atoms with E-state index in [0.717, 1.165) is 5.56 Å². The van der Waals surface area contributed by atoms with Crippen molar-refractivity contribution in [1.29, 1.82) is 0 Å². The number of ketones is 1. The van der Waals surface area contributed by atoms with E-state index in [1.807, 2.05) is 30.3 Å². The average Bonchev–Trinajstić information content (AvgIpc) is 3.21. The molecule has 152 valence electrons. The molecule has 1 atom stereocenters. The first-order valence-electron chi connectivity index (χ1n) is 9.42. The lowest BCUT2D eigenvalue weighted by Gasteiger charge is -2.26. The predicted molar refractivity (Wildman–Crippen MR) is 108 cm³/mol. The van der Waals surface area contributed by atoms with Crippen LogP contribution in [0.15, 0.2) is 54.6 Å². The summed E-state index contributed by atoms with van der Waals surface area (Å²) in [6.07, 6.45) is 0.135. The van der Waals surface area contributed by atoms with E-state index in [2.05, 4.69) is 15.3 Å². The van der Waals surface area contributed by atoms with Crippen molar-refractivity contribution < 1.29 is 18.8 Å². The quantitative estimate of drug-likeness (QED) is 0.637. The Bertz CT molecular complexity index is 1110. The number of hydrogen-bond acceptors (Lipinski definition) is 4. The number of aromatic nitrogens is 2. The van der Waals surface area contributed by atoms with Gasteiger partial charge in [0.25, 0.3) is 5.91 Å². The second-order valence-electron chi connectivity index (χ2n) is 7.10. The van der Waals surface area contributed by atoms with Crippen LogP contribution < -0.4 is 10.2 Å². The molecule has 1 unspecified atom stereocenters. The molecule has 2 aromatic carbocycles. The van der Waals surface area contributed by atoms with Crippen molar-refractivity contribution in [3.8, 4) is 0 Å². The molecule has 2 N–H and O–H groups in total. The van der Waals surface area contributed by atoms with Crippen LogP contribution in [-0.2, 0) is 17.8 Å². The maximum atomic E-state index is 13.1. The fourth-order valence-corrected chi connectivity index (χ4v) is 3.41. The molecule has 2 heterocycles. The standard InChI is InChI=1S/C22H19FN4O3/c1-27-20-17(18(28)16(22(27)30)11-13-7-9-15(23)10-8-13)25-19(26-20)21(29)24-12-14-5-3-2-4-6-14/h2-10,16H,11-12H2,1H3,(H,24,29)(H,25,26). The smallest absolute Gasteiger partial charge is 0.287 e. The summed E-state index contributed by atoms with van der Waals surface area (Å²) in [5.74, 6) is -2.59. The third-order valence-corrected chi connectivity index (χ3v) is 5.06. The van der Waals surface area contributed by atoms with Crippen LogP contribution >= 0.6 is 0 Å². The highest BCUT2D eigenvalue weighted by Gasteiger charge is 2.40. The highest BCUT2D eigenvalue weighted by atomic mass is 19.1. The van der Waals surface area contributed by atoms with Crippen LogP contribution in [0, 0.1) is 11.7 Å². The number of hydrogen-bond donors (Lipinski definition) is 2. The number of carbonyl (C=O) groups excluding carboxylic acids is 3. The number of nitrogens with zero attached hydrogens (tertiary/aromatic N) is 2. The van der Waals surface area contributed by atoms with Gasteiger partial charge in [0.2, 0.25) is 5.91 Å². The van der Waals surface area contributed by atoms with Gasteiger partial charge in [0.05, 0.1) is 0 Å². The topological polar surface area (TPSA) is 95.2 Å². The molecule has 30 heavy (non-hydrogen) atoms. The number of anilines is 1. The lowest BCUT2D eigenvalue weighted by atomic mass is 9.89. The monoisotopic (exact) mass is 406 g/mol. The second kappa shape index (κ2) is 7.90. The number of nitrogens with one attached hydrogen (secondary N) is 2. The van der Waals surface area contributed by atoms with Crippen molar-refractivity contribution in [2.75, 3.05) is 11.9 Å². The number of fused-ring (bicyclic) bond motifs is 1. The molecule has 3 aromatic rings. The SMILES string of the molecule is CN1C(=O)C(Cc2ccc(F)cc2)C(=O)c2[nH]c(C(=O)NCc3ccccc3)nc21. The van der Waals surface area contributed by atoms with E-state index in [1.165, 1.54) is 24.1 Å². The molecule has 0 aliphatic carbocycles. The van der Waals surface area contributed by atoms with Gasteiger partial charge in [-0.1, -0.05) is 42.5 Å². The zero-order chi connectivity index (χ0) is 21.3. The van der Waals surface area contributed by atoms with Gasteiger partial charge in [-0.2, -0.15) is 0 Å². The molecule has 1 aromatic heterocycles. The summed E-state index contributed by atoms with van der Waals surface area (Å²) in [6, 6.07) is 15.0. The predicted octanol–water partition coefficient (Wildman–Crippen LogP) is 2.50. The highest BCUT2D eigenvalue weighted by molar-refractivity contribution is 6.20. The summed E-state index contributed by atoms with van der Waals surface area (Å²) in [6.45, 7) is 0.306. The Morgan fingerprint density at radius 3 is 2.50 bits per heavy atom. The number of Topliss-reactive ketones (excluding diaryl/α,β-unsaturated/α-hetero) is 1. The summed E-state index contributed by atoms with van der Waals surface area (Å²) in [5.41, 5.74) is 1.71. The van der Waals surface area contributed by atoms with Crippen molar-refractivity contribution in [2.45, 2.75) is 13.0 Å². The molecule has 8 heteroatoms. The summed E-state index contributed by atoms with van der Waals surface area (Å²) in [7, 11) is 1.51. The van der Waals surface area contributed by atoms with Crippen LogP contribution in [0.25, 0.3) is 0 Å². The van der Waals surface area contributed by atoms with E-state index in [9.17, 15) is 18.8 Å². The number of amides is 2. The number of imidazole rings is 1. The Morgan fingerprint density at radius 1 is 1.10 bits per heavy atom. The maximum absolute atomic E-state index is 13.1. The Morgan fingerprint density at radius 2 is 1.80 bits per heavy atom. The molecule has 1 aliphatic heterocycles. The number of rotatable bonds is 5. The summed E-state index contributed by atoms with van der Waals surface area (Å²) >= 11 is 0. The third kappa shape index (κ3) is 3.71. The van der Waals surface area contributed by atoms with E-state index in [0.29, 0.717) is 12.1 Å². The van der Waals surface area contributed by atoms with Gasteiger partial charge < -0.3 is 10.3 Å². The van der Waals surface area contributed by atoms with Gasteiger partial charge in [0.15, 0.2) is 17.4 Å². The molecular formula is C22H19FN4O3. The van der Waals surface area contributed by atoms with Crippen LogP contribution in [0.1, 0.15) is 32.2 Å². The van der Waals surface area contributed by atoms with Crippen molar-refractivity contribution in [2.24, 2.45) is 5.92 Å². The molecule has 4 rings (SSSR count). The van der Waals surface area contributed by atoms with E-state index in [-0.39, 0.29) is 29.6 Å². The van der Waals surface area contributed by atoms with Crippen LogP contribution in [0.5, 0.6) is 0 Å². The first-order chi connectivity index (χ1) is 14.4. The number of carbonyl (C=O) groups is 3. The molecule has 1 aliphatic rings.